The van der Waals surface area contributed by atoms with E-state index in [4.69, 9.17) is 10.5 Å². The van der Waals surface area contributed by atoms with Gasteiger partial charge in [-0.05, 0) is 56.7 Å². The first-order valence-corrected chi connectivity index (χ1v) is 11.8. The molecule has 4 N–H and O–H groups in total. The lowest BCUT2D eigenvalue weighted by molar-refractivity contribution is 0.202. The fraction of sp³-hybridized carbons (Fsp3) is 0.360. The average molecular weight is 494 g/mol. The van der Waals surface area contributed by atoms with Crippen LogP contribution in [0.5, 0.6) is 11.5 Å². The van der Waals surface area contributed by atoms with E-state index >= 15 is 0 Å². The largest absolute Gasteiger partial charge is 0.457 e. The Labute approximate surface area is 206 Å². The molecule has 2 aliphatic carbocycles. The molecule has 2 aromatic heterocycles. The minimum atomic E-state index is -0.837. The highest BCUT2D eigenvalue weighted by molar-refractivity contribution is 5.99. The number of halogens is 2. The maximum Gasteiger partial charge on any atom is 0.324 e. The van der Waals surface area contributed by atoms with Crippen LogP contribution in [0, 0.1) is 17.1 Å². The lowest BCUT2D eigenvalue weighted by Gasteiger charge is -2.26. The SMILES string of the molecule is N#CC1(c2cc(NC(=O)Nc3ccc(Oc4ccnc(N)c4)cc3F)n(C3CCC(F)CC3)n2)CC1. The second-order valence-corrected chi connectivity index (χ2v) is 9.20. The van der Waals surface area contributed by atoms with E-state index in [0.717, 1.165) is 6.07 Å². The first-order chi connectivity index (χ1) is 17.3. The maximum atomic E-state index is 14.7. The zero-order valence-electron chi connectivity index (χ0n) is 19.4. The van der Waals surface area contributed by atoms with Crippen molar-refractivity contribution in [3.8, 4) is 17.6 Å². The Hall–Kier alpha value is -4.20. The minimum absolute atomic E-state index is 0.0472. The number of pyridine rings is 1. The third-order valence-electron chi connectivity index (χ3n) is 6.58. The second-order valence-electron chi connectivity index (χ2n) is 9.20. The van der Waals surface area contributed by atoms with Crippen molar-refractivity contribution in [1.29, 1.82) is 5.26 Å². The second kappa shape index (κ2) is 9.45. The van der Waals surface area contributed by atoms with Crippen LogP contribution < -0.4 is 21.1 Å². The highest BCUT2D eigenvalue weighted by Crippen LogP contribution is 2.48. The van der Waals surface area contributed by atoms with E-state index < -0.39 is 23.4 Å². The van der Waals surface area contributed by atoms with Crippen molar-refractivity contribution in [1.82, 2.24) is 14.8 Å². The van der Waals surface area contributed by atoms with Gasteiger partial charge >= 0.3 is 6.03 Å². The molecule has 0 atom stereocenters. The number of hydrogen-bond acceptors (Lipinski definition) is 6. The van der Waals surface area contributed by atoms with Crippen LogP contribution in [0.4, 0.5) is 30.9 Å². The number of urea groups is 1. The van der Waals surface area contributed by atoms with Crippen molar-refractivity contribution in [2.24, 2.45) is 0 Å². The summed E-state index contributed by atoms with van der Waals surface area (Å²) in [4.78, 5) is 16.6. The molecule has 2 aliphatic rings. The summed E-state index contributed by atoms with van der Waals surface area (Å²) >= 11 is 0. The summed E-state index contributed by atoms with van der Waals surface area (Å²) in [7, 11) is 0. The zero-order chi connectivity index (χ0) is 25.3. The molecule has 2 amide bonds. The summed E-state index contributed by atoms with van der Waals surface area (Å²) in [5.74, 6) is 0.590. The lowest BCUT2D eigenvalue weighted by Crippen LogP contribution is -2.25. The molecule has 0 spiro atoms. The number of nitrogen functional groups attached to an aromatic ring is 1. The highest BCUT2D eigenvalue weighted by Gasteiger charge is 2.48. The van der Waals surface area contributed by atoms with Gasteiger partial charge in [0.05, 0.1) is 23.5 Å². The van der Waals surface area contributed by atoms with Gasteiger partial charge in [0.25, 0.3) is 0 Å². The summed E-state index contributed by atoms with van der Waals surface area (Å²) in [5, 5.41) is 19.4. The van der Waals surface area contributed by atoms with E-state index in [0.29, 0.717) is 55.8 Å². The summed E-state index contributed by atoms with van der Waals surface area (Å²) in [6.45, 7) is 0. The minimum Gasteiger partial charge on any atom is -0.457 e. The Morgan fingerprint density at radius 2 is 1.89 bits per heavy atom. The fourth-order valence-electron chi connectivity index (χ4n) is 4.39. The topological polar surface area (TPSA) is 131 Å². The smallest absolute Gasteiger partial charge is 0.324 e. The molecule has 0 unspecified atom stereocenters. The zero-order valence-corrected chi connectivity index (χ0v) is 19.4. The molecular weight excluding hydrogens is 468 g/mol. The molecule has 0 bridgehead atoms. The van der Waals surface area contributed by atoms with E-state index in [9.17, 15) is 18.8 Å². The van der Waals surface area contributed by atoms with Gasteiger partial charge in [-0.25, -0.2) is 23.2 Å². The number of aromatic nitrogens is 3. The van der Waals surface area contributed by atoms with Gasteiger partial charge in [0.2, 0.25) is 0 Å². The van der Waals surface area contributed by atoms with Gasteiger partial charge in [0.15, 0.2) is 0 Å². The van der Waals surface area contributed by atoms with Crippen LogP contribution in [0.2, 0.25) is 0 Å². The van der Waals surface area contributed by atoms with E-state index in [1.54, 1.807) is 16.8 Å². The van der Waals surface area contributed by atoms with Gasteiger partial charge in [-0.15, -0.1) is 0 Å². The van der Waals surface area contributed by atoms with Crippen molar-refractivity contribution in [2.45, 2.75) is 56.2 Å². The molecular formula is C25H25F2N7O2. The van der Waals surface area contributed by atoms with Crippen molar-refractivity contribution >= 4 is 23.4 Å². The number of carbonyl (C=O) groups excluding carboxylic acids is 1. The highest BCUT2D eigenvalue weighted by atomic mass is 19.1. The monoisotopic (exact) mass is 493 g/mol. The molecule has 9 nitrogen and oxygen atoms in total. The number of nitriles is 1. The Bertz CT molecular complexity index is 1320. The Morgan fingerprint density at radius 3 is 2.56 bits per heavy atom. The summed E-state index contributed by atoms with van der Waals surface area (Å²) in [5.41, 5.74) is 5.53. The number of ether oxygens (including phenoxy) is 1. The van der Waals surface area contributed by atoms with Gasteiger partial charge in [0, 0.05) is 24.4 Å². The molecule has 186 valence electrons. The number of nitrogens with zero attached hydrogens (tertiary/aromatic N) is 4. The van der Waals surface area contributed by atoms with Crippen LogP contribution >= 0.6 is 0 Å². The number of nitrogens with one attached hydrogen (secondary N) is 2. The quantitative estimate of drug-likeness (QED) is 0.419. The number of alkyl halides is 1. The van der Waals surface area contributed by atoms with Crippen LogP contribution in [-0.2, 0) is 5.41 Å². The fourth-order valence-corrected chi connectivity index (χ4v) is 4.39. The average Bonchev–Trinajstić information content (AvgIpc) is 3.55. The summed E-state index contributed by atoms with van der Waals surface area (Å²) < 4.78 is 35.6. The number of amides is 2. The molecule has 2 saturated carbocycles. The number of benzene rings is 1. The molecule has 3 aromatic rings. The van der Waals surface area contributed by atoms with Gasteiger partial charge in [-0.1, -0.05) is 0 Å². The third-order valence-corrected chi connectivity index (χ3v) is 6.58. The third kappa shape index (κ3) is 4.93. The van der Waals surface area contributed by atoms with Gasteiger partial charge < -0.3 is 15.8 Å². The van der Waals surface area contributed by atoms with E-state index in [1.165, 1.54) is 24.4 Å². The summed E-state index contributed by atoms with van der Waals surface area (Å²) in [6, 6.07) is 10.4. The molecule has 2 fully saturated rings. The summed E-state index contributed by atoms with van der Waals surface area (Å²) in [6.07, 6.45) is 4.04. The molecule has 11 heteroatoms. The number of rotatable bonds is 6. The number of hydrogen-bond donors (Lipinski definition) is 3. The van der Waals surface area contributed by atoms with Crippen LogP contribution in [-0.4, -0.2) is 27.0 Å². The number of nitrogens with two attached hydrogens (primary N) is 1. The molecule has 1 aromatic carbocycles. The predicted molar refractivity (Wildman–Crippen MR) is 129 cm³/mol. The maximum absolute atomic E-state index is 14.7. The van der Waals surface area contributed by atoms with Crippen LogP contribution in [0.15, 0.2) is 42.6 Å². The van der Waals surface area contributed by atoms with Crippen LogP contribution in [0.25, 0.3) is 0 Å². The van der Waals surface area contributed by atoms with Crippen molar-refractivity contribution in [3.05, 3.63) is 54.1 Å². The molecule has 0 aliphatic heterocycles. The van der Waals surface area contributed by atoms with E-state index in [1.807, 2.05) is 0 Å². The standard InChI is InChI=1S/C25H25F2N7O2/c26-15-1-3-16(4-2-15)34-23(13-21(33-34)25(14-28)8-9-25)32-24(35)31-20-6-5-17(11-19(20)27)36-18-7-10-30-22(29)12-18/h5-7,10-13,15-16H,1-4,8-9H2,(H2,29,30)(H2,31,32,35). The molecule has 5 rings (SSSR count). The molecule has 2 heterocycles. The Morgan fingerprint density at radius 1 is 1.14 bits per heavy atom. The predicted octanol–water partition coefficient (Wildman–Crippen LogP) is 5.44. The van der Waals surface area contributed by atoms with Gasteiger partial charge in [0.1, 0.15) is 40.5 Å². The van der Waals surface area contributed by atoms with Gasteiger partial charge in [-0.3, -0.25) is 5.32 Å². The van der Waals surface area contributed by atoms with E-state index in [-0.39, 0.29) is 23.3 Å². The molecule has 0 saturated heterocycles. The van der Waals surface area contributed by atoms with Crippen molar-refractivity contribution in [3.63, 3.8) is 0 Å². The Kier molecular flexibility index (Phi) is 6.18. The van der Waals surface area contributed by atoms with Crippen LogP contribution in [0.3, 0.4) is 0 Å². The Balaban J connectivity index is 1.30. The van der Waals surface area contributed by atoms with Crippen LogP contribution in [0.1, 0.15) is 50.3 Å². The number of carbonyl (C=O) groups is 1. The first-order valence-electron chi connectivity index (χ1n) is 11.8. The molecule has 0 radical (unpaired) electrons. The van der Waals surface area contributed by atoms with Crippen molar-refractivity contribution < 1.29 is 18.3 Å². The normalized spacial score (nSPS) is 20.2. The number of anilines is 3. The molecule has 36 heavy (non-hydrogen) atoms. The van der Waals surface area contributed by atoms with Gasteiger partial charge in [-0.2, -0.15) is 10.4 Å². The van der Waals surface area contributed by atoms with E-state index in [2.05, 4.69) is 26.8 Å². The first kappa shape index (κ1) is 23.5. The lowest BCUT2D eigenvalue weighted by atomic mass is 9.94. The van der Waals surface area contributed by atoms with Crippen molar-refractivity contribution in [2.75, 3.05) is 16.4 Å².